The van der Waals surface area contributed by atoms with Crippen LogP contribution < -0.4 is 21.1 Å². The molecule has 2 aromatic heterocycles. The molecule has 0 unspecified atom stereocenters. The highest BCUT2D eigenvalue weighted by molar-refractivity contribution is 5.78. The summed E-state index contributed by atoms with van der Waals surface area (Å²) in [4.78, 5) is 22.9. The second kappa shape index (κ2) is 7.88. The van der Waals surface area contributed by atoms with E-state index in [1.54, 1.807) is 37.6 Å². The van der Waals surface area contributed by atoms with Gasteiger partial charge in [0.2, 0.25) is 5.95 Å². The van der Waals surface area contributed by atoms with Crippen molar-refractivity contribution in [2.45, 2.75) is 20.5 Å². The Morgan fingerprint density at radius 2 is 1.97 bits per heavy atom. The quantitative estimate of drug-likeness (QED) is 0.383. The van der Waals surface area contributed by atoms with E-state index in [0.717, 1.165) is 28.1 Å². The van der Waals surface area contributed by atoms with Gasteiger partial charge in [0.1, 0.15) is 11.6 Å². The summed E-state index contributed by atoms with van der Waals surface area (Å²) in [5.74, 6) is 1.12. The van der Waals surface area contributed by atoms with Crippen molar-refractivity contribution in [3.8, 4) is 5.75 Å². The van der Waals surface area contributed by atoms with Crippen LogP contribution in [0.1, 0.15) is 16.7 Å². The van der Waals surface area contributed by atoms with Crippen molar-refractivity contribution < 1.29 is 14.3 Å². The van der Waals surface area contributed by atoms with Crippen molar-refractivity contribution in [1.82, 2.24) is 15.0 Å². The van der Waals surface area contributed by atoms with Gasteiger partial charge >= 0.3 is 5.76 Å². The first-order valence-electron chi connectivity index (χ1n) is 9.25. The summed E-state index contributed by atoms with van der Waals surface area (Å²) in [5, 5.41) is 15.9. The predicted octanol–water partition coefficient (Wildman–Crippen LogP) is 3.52. The minimum absolute atomic E-state index is 0.101. The molecular weight excluding hydrogens is 386 g/mol. The standard InChI is InChI=1S/C21H21N5O4/c1-11-6-14(8-18(29-3)15(11)10-27)24-20-22-9-12(2)19(26-20)23-13-4-5-17-16(7-13)25-21(28)30-17/h4-9,27H,10H2,1-3H3,(H,25,28)(H2,22,23,24,26). The van der Waals surface area contributed by atoms with Gasteiger partial charge in [0.15, 0.2) is 5.58 Å². The Kier molecular flexibility index (Phi) is 5.11. The Morgan fingerprint density at radius 3 is 2.73 bits per heavy atom. The number of rotatable bonds is 6. The summed E-state index contributed by atoms with van der Waals surface area (Å²) in [6.45, 7) is 3.70. The van der Waals surface area contributed by atoms with Crippen molar-refractivity contribution in [1.29, 1.82) is 0 Å². The van der Waals surface area contributed by atoms with Crippen LogP contribution in [0.25, 0.3) is 11.1 Å². The molecule has 0 aliphatic carbocycles. The Morgan fingerprint density at radius 1 is 1.13 bits per heavy atom. The molecule has 4 rings (SSSR count). The molecule has 9 nitrogen and oxygen atoms in total. The monoisotopic (exact) mass is 407 g/mol. The number of aryl methyl sites for hydroxylation is 2. The Labute approximate surface area is 171 Å². The zero-order valence-electron chi connectivity index (χ0n) is 16.7. The van der Waals surface area contributed by atoms with Crippen molar-refractivity contribution in [2.75, 3.05) is 17.7 Å². The van der Waals surface area contributed by atoms with Crippen molar-refractivity contribution in [3.05, 3.63) is 63.8 Å². The first-order chi connectivity index (χ1) is 14.5. The van der Waals surface area contributed by atoms with Gasteiger partial charge in [-0.25, -0.2) is 9.78 Å². The molecule has 0 saturated carbocycles. The van der Waals surface area contributed by atoms with E-state index in [1.807, 2.05) is 19.9 Å². The number of anilines is 4. The minimum atomic E-state index is -0.496. The molecule has 0 bridgehead atoms. The topological polar surface area (TPSA) is 125 Å². The summed E-state index contributed by atoms with van der Waals surface area (Å²) < 4.78 is 10.4. The number of aliphatic hydroxyl groups excluding tert-OH is 1. The first kappa shape index (κ1) is 19.5. The van der Waals surface area contributed by atoms with Crippen LogP contribution in [-0.4, -0.2) is 27.2 Å². The van der Waals surface area contributed by atoms with E-state index in [-0.39, 0.29) is 6.61 Å². The molecule has 0 atom stereocenters. The largest absolute Gasteiger partial charge is 0.496 e. The molecule has 0 fully saturated rings. The zero-order valence-corrected chi connectivity index (χ0v) is 16.7. The number of methoxy groups -OCH3 is 1. The highest BCUT2D eigenvalue weighted by atomic mass is 16.5. The molecule has 4 aromatic rings. The second-order valence-electron chi connectivity index (χ2n) is 6.83. The molecule has 0 aliphatic heterocycles. The Balaban J connectivity index is 1.61. The van der Waals surface area contributed by atoms with Crippen molar-refractivity contribution in [3.63, 3.8) is 0 Å². The van der Waals surface area contributed by atoms with E-state index in [1.165, 1.54) is 0 Å². The molecular formula is C21H21N5O4. The number of aliphatic hydroxyl groups is 1. The molecule has 0 aliphatic rings. The molecule has 2 heterocycles. The fraction of sp³-hybridized carbons (Fsp3) is 0.190. The maximum absolute atomic E-state index is 11.3. The number of fused-ring (bicyclic) bond motifs is 1. The molecule has 2 aromatic carbocycles. The lowest BCUT2D eigenvalue weighted by Crippen LogP contribution is -2.04. The number of nitrogens with zero attached hydrogens (tertiary/aromatic N) is 2. The lowest BCUT2D eigenvalue weighted by atomic mass is 10.1. The van der Waals surface area contributed by atoms with Gasteiger partial charge in [0, 0.05) is 34.8 Å². The summed E-state index contributed by atoms with van der Waals surface area (Å²) in [6, 6.07) is 8.97. The van der Waals surface area contributed by atoms with E-state index in [9.17, 15) is 9.90 Å². The van der Waals surface area contributed by atoms with E-state index in [0.29, 0.717) is 28.6 Å². The third-order valence-corrected chi connectivity index (χ3v) is 4.72. The molecule has 0 radical (unpaired) electrons. The van der Waals surface area contributed by atoms with Crippen LogP contribution >= 0.6 is 0 Å². The lowest BCUT2D eigenvalue weighted by molar-refractivity contribution is 0.273. The zero-order chi connectivity index (χ0) is 21.3. The predicted molar refractivity (Wildman–Crippen MR) is 114 cm³/mol. The van der Waals surface area contributed by atoms with Crippen LogP contribution in [-0.2, 0) is 6.61 Å². The number of hydrogen-bond acceptors (Lipinski definition) is 8. The van der Waals surface area contributed by atoms with Crippen LogP contribution in [0.4, 0.5) is 23.1 Å². The third-order valence-electron chi connectivity index (χ3n) is 4.72. The van der Waals surface area contributed by atoms with Crippen LogP contribution in [0.5, 0.6) is 5.75 Å². The fourth-order valence-corrected chi connectivity index (χ4v) is 3.17. The van der Waals surface area contributed by atoms with Crippen LogP contribution in [0.3, 0.4) is 0 Å². The fourth-order valence-electron chi connectivity index (χ4n) is 3.17. The van der Waals surface area contributed by atoms with Crippen LogP contribution in [0.15, 0.2) is 45.7 Å². The molecule has 154 valence electrons. The molecule has 9 heteroatoms. The average Bonchev–Trinajstić information content (AvgIpc) is 3.09. The summed E-state index contributed by atoms with van der Waals surface area (Å²) in [6.07, 6.45) is 1.71. The maximum Gasteiger partial charge on any atom is 0.417 e. The van der Waals surface area contributed by atoms with E-state index in [2.05, 4.69) is 25.6 Å². The normalized spacial score (nSPS) is 10.9. The molecule has 0 amide bonds. The number of hydrogen-bond donors (Lipinski definition) is 4. The van der Waals surface area contributed by atoms with Gasteiger partial charge in [-0.05, 0) is 43.7 Å². The van der Waals surface area contributed by atoms with Gasteiger partial charge in [0.25, 0.3) is 0 Å². The first-order valence-corrected chi connectivity index (χ1v) is 9.25. The van der Waals surface area contributed by atoms with E-state index in [4.69, 9.17) is 9.15 Å². The summed E-state index contributed by atoms with van der Waals surface area (Å²) in [7, 11) is 1.56. The smallest absolute Gasteiger partial charge is 0.417 e. The third kappa shape index (κ3) is 3.83. The van der Waals surface area contributed by atoms with Gasteiger partial charge in [0.05, 0.1) is 19.2 Å². The van der Waals surface area contributed by atoms with Gasteiger partial charge in [-0.15, -0.1) is 0 Å². The molecule has 0 saturated heterocycles. The van der Waals surface area contributed by atoms with E-state index < -0.39 is 5.76 Å². The minimum Gasteiger partial charge on any atom is -0.496 e. The highest BCUT2D eigenvalue weighted by Crippen LogP contribution is 2.29. The summed E-state index contributed by atoms with van der Waals surface area (Å²) in [5.41, 5.74) is 5.07. The number of aromatic nitrogens is 3. The number of benzene rings is 2. The second-order valence-corrected chi connectivity index (χ2v) is 6.83. The number of aromatic amines is 1. The lowest BCUT2D eigenvalue weighted by Gasteiger charge is -2.14. The number of H-pyrrole nitrogens is 1. The van der Waals surface area contributed by atoms with E-state index >= 15 is 0 Å². The Hall–Kier alpha value is -3.85. The van der Waals surface area contributed by atoms with Crippen LogP contribution in [0, 0.1) is 13.8 Å². The van der Waals surface area contributed by atoms with Crippen LogP contribution in [0.2, 0.25) is 0 Å². The Bertz CT molecular complexity index is 1280. The maximum atomic E-state index is 11.3. The highest BCUT2D eigenvalue weighted by Gasteiger charge is 2.11. The van der Waals surface area contributed by atoms with Crippen molar-refractivity contribution >= 4 is 34.2 Å². The number of ether oxygens (including phenoxy) is 1. The molecule has 30 heavy (non-hydrogen) atoms. The van der Waals surface area contributed by atoms with Gasteiger partial charge in [-0.3, -0.25) is 4.98 Å². The SMILES string of the molecule is COc1cc(Nc2ncc(C)c(Nc3ccc4oc(=O)[nH]c4c3)n2)cc(C)c1CO. The van der Waals surface area contributed by atoms with Crippen molar-refractivity contribution in [2.24, 2.45) is 0 Å². The van der Waals surface area contributed by atoms with Gasteiger partial charge < -0.3 is 24.9 Å². The number of oxazole rings is 1. The summed E-state index contributed by atoms with van der Waals surface area (Å²) >= 11 is 0. The molecule has 4 N–H and O–H groups in total. The van der Waals surface area contributed by atoms with Gasteiger partial charge in [-0.1, -0.05) is 0 Å². The molecule has 0 spiro atoms. The number of nitrogens with one attached hydrogen (secondary N) is 3. The average molecular weight is 407 g/mol. The van der Waals surface area contributed by atoms with Gasteiger partial charge in [-0.2, -0.15) is 4.98 Å².